The van der Waals surface area contributed by atoms with Gasteiger partial charge in [0, 0.05) is 6.42 Å². The molecule has 0 N–H and O–H groups in total. The lowest BCUT2D eigenvalue weighted by Crippen LogP contribution is -2.37. The first-order valence-corrected chi connectivity index (χ1v) is 14.4. The number of rotatable bonds is 23. The topological polar surface area (TPSA) is 8.81 Å². The van der Waals surface area contributed by atoms with Crippen molar-refractivity contribution in [1.29, 1.82) is 0 Å². The SMILES string of the molecule is CCCCCCCCCCCCCCCn1cc[n+](CCCCCCCCC)c1CC. The molecule has 0 fully saturated rings. The fraction of sp³-hybridized carbons (Fsp3) is 0.897. The average Bonchev–Trinajstić information content (AvgIpc) is 3.18. The smallest absolute Gasteiger partial charge is 0.234 e. The van der Waals surface area contributed by atoms with Gasteiger partial charge in [-0.05, 0) is 25.7 Å². The van der Waals surface area contributed by atoms with Crippen molar-refractivity contribution in [2.75, 3.05) is 0 Å². The first-order chi connectivity index (χ1) is 15.3. The van der Waals surface area contributed by atoms with Crippen LogP contribution >= 0.6 is 0 Å². The Morgan fingerprint density at radius 3 is 1.42 bits per heavy atom. The van der Waals surface area contributed by atoms with Crippen LogP contribution in [-0.2, 0) is 19.5 Å². The summed E-state index contributed by atoms with van der Waals surface area (Å²) in [6.07, 6.45) is 34.2. The molecule has 1 rings (SSSR count). The van der Waals surface area contributed by atoms with Gasteiger partial charge < -0.3 is 0 Å². The molecule has 0 bridgehead atoms. The lowest BCUT2D eigenvalue weighted by atomic mass is 10.0. The van der Waals surface area contributed by atoms with E-state index >= 15 is 0 Å². The van der Waals surface area contributed by atoms with E-state index in [1.165, 1.54) is 147 Å². The molecule has 0 saturated carbocycles. The normalized spacial score (nSPS) is 11.5. The molecule has 0 spiro atoms. The van der Waals surface area contributed by atoms with Gasteiger partial charge in [-0.3, -0.25) is 0 Å². The summed E-state index contributed by atoms with van der Waals surface area (Å²) in [7, 11) is 0. The molecule has 0 aliphatic carbocycles. The first kappa shape index (κ1) is 28.2. The molecular weight excluding hydrogens is 376 g/mol. The van der Waals surface area contributed by atoms with E-state index in [9.17, 15) is 0 Å². The molecule has 0 amide bonds. The molecule has 1 aromatic heterocycles. The number of aryl methyl sites for hydroxylation is 2. The Labute approximate surface area is 196 Å². The maximum atomic E-state index is 2.53. The third-order valence-corrected chi connectivity index (χ3v) is 6.91. The average molecular weight is 434 g/mol. The number of unbranched alkanes of at least 4 members (excludes halogenated alkanes) is 18. The Balaban J connectivity index is 2.02. The standard InChI is InChI=1S/C29H57N2/c1-4-7-9-11-13-14-15-16-17-18-20-22-24-26-31-28-27-30(29(31)6-3)25-23-21-19-12-10-8-5-2/h27-28H,4-26H2,1-3H3/q+1. The summed E-state index contributed by atoms with van der Waals surface area (Å²) in [6.45, 7) is 9.34. The quantitative estimate of drug-likeness (QED) is 0.120. The summed E-state index contributed by atoms with van der Waals surface area (Å²) in [5.41, 5.74) is 0. The Morgan fingerprint density at radius 2 is 0.968 bits per heavy atom. The zero-order valence-corrected chi connectivity index (χ0v) is 21.8. The van der Waals surface area contributed by atoms with Crippen molar-refractivity contribution in [1.82, 2.24) is 4.57 Å². The van der Waals surface area contributed by atoms with Gasteiger partial charge in [0.05, 0.1) is 13.1 Å². The van der Waals surface area contributed by atoms with Crippen LogP contribution in [0.4, 0.5) is 0 Å². The molecule has 2 nitrogen and oxygen atoms in total. The van der Waals surface area contributed by atoms with E-state index in [0.29, 0.717) is 0 Å². The van der Waals surface area contributed by atoms with Crippen LogP contribution in [0, 0.1) is 0 Å². The van der Waals surface area contributed by atoms with Crippen molar-refractivity contribution >= 4 is 0 Å². The van der Waals surface area contributed by atoms with Gasteiger partial charge in [-0.1, -0.05) is 124 Å². The molecule has 0 radical (unpaired) electrons. The minimum atomic E-state index is 1.15. The van der Waals surface area contributed by atoms with Crippen LogP contribution in [0.3, 0.4) is 0 Å². The van der Waals surface area contributed by atoms with E-state index in [2.05, 4.69) is 42.3 Å². The summed E-state index contributed by atoms with van der Waals surface area (Å²) < 4.78 is 5.05. The van der Waals surface area contributed by atoms with Crippen molar-refractivity contribution < 1.29 is 4.57 Å². The Kier molecular flexibility index (Phi) is 19.2. The molecule has 31 heavy (non-hydrogen) atoms. The zero-order valence-electron chi connectivity index (χ0n) is 21.8. The van der Waals surface area contributed by atoms with Gasteiger partial charge in [-0.25, -0.2) is 9.13 Å². The molecule has 1 aromatic rings. The predicted octanol–water partition coefficient (Wildman–Crippen LogP) is 9.18. The molecule has 0 unspecified atom stereocenters. The largest absolute Gasteiger partial charge is 0.256 e. The Hall–Kier alpha value is -0.790. The minimum absolute atomic E-state index is 1.15. The zero-order chi connectivity index (χ0) is 22.4. The summed E-state index contributed by atoms with van der Waals surface area (Å²) in [5, 5.41) is 0. The highest BCUT2D eigenvalue weighted by molar-refractivity contribution is 4.83. The molecule has 1 heterocycles. The fourth-order valence-electron chi connectivity index (χ4n) is 4.85. The van der Waals surface area contributed by atoms with E-state index in [4.69, 9.17) is 0 Å². The van der Waals surface area contributed by atoms with Gasteiger partial charge in [0.25, 0.3) is 5.82 Å². The summed E-state index contributed by atoms with van der Waals surface area (Å²) in [5.74, 6) is 1.53. The van der Waals surface area contributed by atoms with Crippen molar-refractivity contribution in [3.8, 4) is 0 Å². The van der Waals surface area contributed by atoms with Gasteiger partial charge in [0.15, 0.2) is 0 Å². The van der Waals surface area contributed by atoms with Gasteiger partial charge in [0.2, 0.25) is 0 Å². The maximum absolute atomic E-state index is 2.53. The summed E-state index contributed by atoms with van der Waals surface area (Å²) in [6, 6.07) is 0. The highest BCUT2D eigenvalue weighted by Crippen LogP contribution is 2.13. The second-order valence-electron chi connectivity index (χ2n) is 9.82. The minimum Gasteiger partial charge on any atom is -0.234 e. The van der Waals surface area contributed by atoms with Gasteiger partial charge in [0.1, 0.15) is 12.4 Å². The van der Waals surface area contributed by atoms with Crippen molar-refractivity contribution in [2.45, 2.75) is 169 Å². The molecular formula is C29H57N2+. The van der Waals surface area contributed by atoms with Gasteiger partial charge in [-0.2, -0.15) is 0 Å². The van der Waals surface area contributed by atoms with Crippen LogP contribution in [0.1, 0.15) is 155 Å². The molecule has 182 valence electrons. The van der Waals surface area contributed by atoms with Crippen LogP contribution in [0.15, 0.2) is 12.4 Å². The Morgan fingerprint density at radius 1 is 0.548 bits per heavy atom. The van der Waals surface area contributed by atoms with E-state index in [0.717, 1.165) is 6.42 Å². The lowest BCUT2D eigenvalue weighted by Gasteiger charge is -2.05. The number of hydrogen-bond acceptors (Lipinski definition) is 0. The van der Waals surface area contributed by atoms with Crippen molar-refractivity contribution in [2.24, 2.45) is 0 Å². The number of aromatic nitrogens is 2. The van der Waals surface area contributed by atoms with Crippen molar-refractivity contribution in [3.63, 3.8) is 0 Å². The van der Waals surface area contributed by atoms with Crippen LogP contribution in [-0.4, -0.2) is 4.57 Å². The van der Waals surface area contributed by atoms with Crippen molar-refractivity contribution in [3.05, 3.63) is 18.2 Å². The second kappa shape index (κ2) is 21.1. The lowest BCUT2D eigenvalue weighted by molar-refractivity contribution is -0.704. The monoisotopic (exact) mass is 433 g/mol. The highest BCUT2D eigenvalue weighted by Gasteiger charge is 2.14. The van der Waals surface area contributed by atoms with Crippen LogP contribution in [0.25, 0.3) is 0 Å². The number of imidazole rings is 1. The number of hydrogen-bond donors (Lipinski definition) is 0. The third-order valence-electron chi connectivity index (χ3n) is 6.91. The third kappa shape index (κ3) is 14.8. The van der Waals surface area contributed by atoms with Crippen LogP contribution in [0.5, 0.6) is 0 Å². The highest BCUT2D eigenvalue weighted by atomic mass is 15.1. The molecule has 0 atom stereocenters. The van der Waals surface area contributed by atoms with Gasteiger partial charge in [-0.15, -0.1) is 0 Å². The Bertz CT molecular complexity index is 491. The maximum Gasteiger partial charge on any atom is 0.256 e. The summed E-state index contributed by atoms with van der Waals surface area (Å²) >= 11 is 0. The first-order valence-electron chi connectivity index (χ1n) is 14.4. The second-order valence-corrected chi connectivity index (χ2v) is 9.82. The van der Waals surface area contributed by atoms with E-state index in [1.807, 2.05) is 0 Å². The molecule has 2 heteroatoms. The fourth-order valence-corrected chi connectivity index (χ4v) is 4.85. The van der Waals surface area contributed by atoms with E-state index in [1.54, 1.807) is 0 Å². The molecule has 0 aliphatic rings. The predicted molar refractivity (Wildman–Crippen MR) is 138 cm³/mol. The molecule has 0 saturated heterocycles. The molecule has 0 aliphatic heterocycles. The summed E-state index contributed by atoms with van der Waals surface area (Å²) in [4.78, 5) is 0. The van der Waals surface area contributed by atoms with E-state index < -0.39 is 0 Å². The number of nitrogens with zero attached hydrogens (tertiary/aromatic N) is 2. The van der Waals surface area contributed by atoms with Gasteiger partial charge >= 0.3 is 0 Å². The molecule has 0 aromatic carbocycles. The van der Waals surface area contributed by atoms with Crippen LogP contribution in [0.2, 0.25) is 0 Å². The van der Waals surface area contributed by atoms with Crippen LogP contribution < -0.4 is 4.57 Å². The van der Waals surface area contributed by atoms with E-state index in [-0.39, 0.29) is 0 Å².